The van der Waals surface area contributed by atoms with Gasteiger partial charge in [0, 0.05) is 36.2 Å². The van der Waals surface area contributed by atoms with Gasteiger partial charge in [0.1, 0.15) is 6.61 Å². The van der Waals surface area contributed by atoms with Crippen molar-refractivity contribution in [1.29, 1.82) is 0 Å². The highest BCUT2D eigenvalue weighted by Gasteiger charge is 2.57. The molecule has 2 aliphatic carbocycles. The van der Waals surface area contributed by atoms with Crippen LogP contribution in [-0.4, -0.2) is 60.8 Å². The second-order valence-electron chi connectivity index (χ2n) is 13.4. The van der Waals surface area contributed by atoms with Gasteiger partial charge in [-0.1, -0.05) is 38.1 Å². The molecule has 2 saturated carbocycles. The first kappa shape index (κ1) is 31.0. The number of hydrogen-bond acceptors (Lipinski definition) is 7. The Morgan fingerprint density at radius 1 is 1.07 bits per heavy atom. The molecule has 2 N–H and O–H groups in total. The number of benzene rings is 2. The van der Waals surface area contributed by atoms with E-state index in [-0.39, 0.29) is 64.5 Å². The number of carbonyl (C=O) groups excluding carboxylic acids is 2. The molecule has 2 fully saturated rings. The van der Waals surface area contributed by atoms with Crippen LogP contribution < -0.4 is 14.8 Å². The fourth-order valence-corrected chi connectivity index (χ4v) is 8.47. The molecule has 1 aliphatic heterocycles. The summed E-state index contributed by atoms with van der Waals surface area (Å²) >= 11 is 0. The van der Waals surface area contributed by atoms with Crippen LogP contribution in [0.4, 0.5) is 5.95 Å². The predicted molar refractivity (Wildman–Crippen MR) is 171 cm³/mol. The van der Waals surface area contributed by atoms with Gasteiger partial charge in [0.05, 0.1) is 16.6 Å². The van der Waals surface area contributed by atoms with Crippen molar-refractivity contribution in [3.05, 3.63) is 65.2 Å². The van der Waals surface area contributed by atoms with Crippen LogP contribution in [-0.2, 0) is 14.8 Å². The van der Waals surface area contributed by atoms with Crippen LogP contribution in [0, 0.1) is 31.1 Å². The molecule has 2 amide bonds. The lowest BCUT2D eigenvalue weighted by Gasteiger charge is -2.60. The van der Waals surface area contributed by atoms with Crippen molar-refractivity contribution in [1.82, 2.24) is 20.2 Å². The zero-order valence-corrected chi connectivity index (χ0v) is 27.3. The highest BCUT2D eigenvalue weighted by molar-refractivity contribution is 7.92. The third-order valence-corrected chi connectivity index (χ3v) is 10.9. The molecule has 0 saturated heterocycles. The van der Waals surface area contributed by atoms with Crippen molar-refractivity contribution in [2.24, 2.45) is 17.3 Å². The maximum atomic E-state index is 14.3. The van der Waals surface area contributed by atoms with Crippen LogP contribution in [0.15, 0.2) is 53.4 Å². The van der Waals surface area contributed by atoms with Crippen molar-refractivity contribution in [3.8, 4) is 17.1 Å². The largest absolute Gasteiger partial charge is 0.475 e. The van der Waals surface area contributed by atoms with Gasteiger partial charge < -0.3 is 15.0 Å². The molecule has 3 aliphatic rings. The molecule has 1 atom stereocenters. The van der Waals surface area contributed by atoms with E-state index in [1.165, 1.54) is 12.1 Å². The van der Waals surface area contributed by atoms with E-state index in [1.807, 2.05) is 36.9 Å². The Balaban J connectivity index is 1.41. The second-order valence-corrected chi connectivity index (χ2v) is 15.1. The molecule has 0 radical (unpaired) electrons. The van der Waals surface area contributed by atoms with Crippen molar-refractivity contribution in [2.75, 3.05) is 18.4 Å². The van der Waals surface area contributed by atoms with Gasteiger partial charge in [-0.05, 0) is 86.6 Å². The predicted octanol–water partition coefficient (Wildman–Crippen LogP) is 5.12. The number of sulfonamides is 1. The Hall–Kier alpha value is -3.99. The zero-order valence-electron chi connectivity index (χ0n) is 26.5. The van der Waals surface area contributed by atoms with Crippen molar-refractivity contribution >= 4 is 27.8 Å². The number of ether oxygens (including phenoxy) is 1. The Bertz CT molecular complexity index is 1720. The van der Waals surface area contributed by atoms with Crippen LogP contribution >= 0.6 is 0 Å². The molecule has 2 aromatic carbocycles. The van der Waals surface area contributed by atoms with E-state index in [1.54, 1.807) is 25.2 Å². The van der Waals surface area contributed by atoms with Gasteiger partial charge in [0.25, 0.3) is 15.9 Å². The van der Waals surface area contributed by atoms with Gasteiger partial charge in [-0.2, -0.15) is 4.98 Å². The maximum absolute atomic E-state index is 14.3. The third kappa shape index (κ3) is 6.02. The summed E-state index contributed by atoms with van der Waals surface area (Å²) in [5.41, 5.74) is 3.75. The van der Waals surface area contributed by atoms with E-state index in [9.17, 15) is 18.0 Å². The van der Waals surface area contributed by atoms with E-state index >= 15 is 0 Å². The summed E-state index contributed by atoms with van der Waals surface area (Å²) in [5.74, 6) is 0.254. The molecule has 10 nitrogen and oxygen atoms in total. The first-order chi connectivity index (χ1) is 21.4. The molecule has 2 heterocycles. The van der Waals surface area contributed by atoms with Crippen LogP contribution in [0.25, 0.3) is 11.3 Å². The molecule has 3 aromatic rings. The molecule has 4 bridgehead atoms. The van der Waals surface area contributed by atoms with E-state index in [4.69, 9.17) is 4.74 Å². The maximum Gasteiger partial charge on any atom is 0.264 e. The Labute approximate surface area is 265 Å². The van der Waals surface area contributed by atoms with Crippen molar-refractivity contribution < 1.29 is 22.7 Å². The molecular weight excluding hydrogens is 590 g/mol. The number of nitrogens with one attached hydrogen (secondary N) is 2. The first-order valence-corrected chi connectivity index (χ1v) is 17.1. The average Bonchev–Trinajstić information content (AvgIpc) is 2.94. The lowest BCUT2D eigenvalue weighted by Crippen LogP contribution is -2.62. The van der Waals surface area contributed by atoms with Gasteiger partial charge in [-0.3, -0.25) is 9.59 Å². The van der Waals surface area contributed by atoms with E-state index in [0.29, 0.717) is 17.7 Å². The van der Waals surface area contributed by atoms with Crippen LogP contribution in [0.5, 0.6) is 5.88 Å². The van der Waals surface area contributed by atoms with Gasteiger partial charge in [0.2, 0.25) is 17.7 Å². The van der Waals surface area contributed by atoms with Gasteiger partial charge in [0.15, 0.2) is 0 Å². The van der Waals surface area contributed by atoms with Crippen LogP contribution in [0.3, 0.4) is 0 Å². The second kappa shape index (κ2) is 11.7. The van der Waals surface area contributed by atoms with Crippen LogP contribution in [0.1, 0.15) is 67.4 Å². The minimum absolute atomic E-state index is 0.0175. The molecule has 1 spiro atoms. The van der Waals surface area contributed by atoms with E-state index in [2.05, 4.69) is 33.9 Å². The smallest absolute Gasteiger partial charge is 0.264 e. The summed E-state index contributed by atoms with van der Waals surface area (Å²) in [6.45, 7) is 8.38. The monoisotopic (exact) mass is 631 g/mol. The molecule has 45 heavy (non-hydrogen) atoms. The fraction of sp³-hybridized carbons (Fsp3) is 0.471. The lowest BCUT2D eigenvalue weighted by molar-refractivity contribution is -0.142. The third-order valence-electron chi connectivity index (χ3n) is 9.56. The summed E-state index contributed by atoms with van der Waals surface area (Å²) in [4.78, 5) is 37.5. The summed E-state index contributed by atoms with van der Waals surface area (Å²) in [5, 5.41) is 2.76. The number of hydrogen-bond donors (Lipinski definition) is 2. The van der Waals surface area contributed by atoms with E-state index < -0.39 is 10.0 Å². The number of rotatable bonds is 5. The number of fused-ring (bicyclic) bond motifs is 4. The lowest BCUT2D eigenvalue weighted by atomic mass is 9.49. The number of carbonyl (C=O) groups is 2. The molecule has 1 aromatic heterocycles. The topological polar surface area (TPSA) is 131 Å². The minimum atomic E-state index is -4.13. The average molecular weight is 632 g/mol. The summed E-state index contributed by atoms with van der Waals surface area (Å²) < 4.78 is 36.1. The number of nitrogens with zero attached hydrogens (tertiary/aromatic N) is 3. The highest BCUT2D eigenvalue weighted by Crippen LogP contribution is 2.60. The number of aromatic nitrogens is 2. The fourth-order valence-electron chi connectivity index (χ4n) is 7.48. The number of aryl methyl sites for hydroxylation is 2. The minimum Gasteiger partial charge on any atom is -0.475 e. The SMILES string of the molecule is CNC(=O)C1CC2(C1)CC(N1C(=O)c3cccc(c3)S(=O)(=O)Nc3nc(cc(-c4c(C)cccc4C)n3)OC[C@H]1CC(C)C)C2. The van der Waals surface area contributed by atoms with Gasteiger partial charge in [-0.15, -0.1) is 0 Å². The van der Waals surface area contributed by atoms with Gasteiger partial charge >= 0.3 is 0 Å². The molecule has 6 rings (SSSR count). The quantitative estimate of drug-likeness (QED) is 0.400. The van der Waals surface area contributed by atoms with Crippen LogP contribution in [0.2, 0.25) is 0 Å². The van der Waals surface area contributed by atoms with Crippen molar-refractivity contribution in [3.63, 3.8) is 0 Å². The number of amides is 2. The van der Waals surface area contributed by atoms with Gasteiger partial charge in [-0.25, -0.2) is 18.1 Å². The van der Waals surface area contributed by atoms with E-state index in [0.717, 1.165) is 42.4 Å². The number of anilines is 1. The summed E-state index contributed by atoms with van der Waals surface area (Å²) in [6.07, 6.45) is 3.93. The highest BCUT2D eigenvalue weighted by atomic mass is 32.2. The standard InChI is InChI=1S/C34H41N5O5S/c1-20(2)12-25-19-44-29-14-28(30-21(3)8-6-9-22(30)4)36-33(37-29)38-45(42,43)27-11-7-10-23(13-27)32(41)39(25)26-17-34(18-26)15-24(16-34)31(40)35-5/h6-11,13-14,20,24-26H,12,15-19H2,1-5H3,(H,35,40)(H,36,37,38)/t24?,25-,26?,34?/m1/s1. The molecule has 238 valence electrons. The van der Waals surface area contributed by atoms with Crippen molar-refractivity contribution in [2.45, 2.75) is 76.8 Å². The Kier molecular flexibility index (Phi) is 8.09. The Morgan fingerprint density at radius 3 is 2.42 bits per heavy atom. The molecule has 11 heteroatoms. The first-order valence-electron chi connectivity index (χ1n) is 15.6. The summed E-state index contributed by atoms with van der Waals surface area (Å²) in [6, 6.07) is 13.5. The normalized spacial score (nSPS) is 25.5. The molecule has 0 unspecified atom stereocenters. The Morgan fingerprint density at radius 2 is 1.76 bits per heavy atom. The summed E-state index contributed by atoms with van der Waals surface area (Å²) in [7, 11) is -2.47. The molecular formula is C34H41N5O5S. The zero-order chi connectivity index (χ0) is 32.1.